The number of rotatable bonds is 4. The number of nitrogens with one attached hydrogen (secondary N) is 1. The first-order chi connectivity index (χ1) is 16.0. The Labute approximate surface area is 203 Å². The van der Waals surface area contributed by atoms with E-state index in [-0.39, 0.29) is 17.8 Å². The number of anilines is 1. The van der Waals surface area contributed by atoms with Gasteiger partial charge in [-0.25, -0.2) is 0 Å². The van der Waals surface area contributed by atoms with Crippen LogP contribution < -0.4 is 10.2 Å². The highest BCUT2D eigenvalue weighted by Gasteiger charge is 2.42. The molecular weight excluding hydrogens is 452 g/mol. The van der Waals surface area contributed by atoms with E-state index in [0.717, 1.165) is 34.0 Å². The smallest absolute Gasteiger partial charge is 0.174 e. The fourth-order valence-electron chi connectivity index (χ4n) is 4.66. The molecule has 0 aliphatic carbocycles. The number of phenolic OH excluding ortho intramolecular Hbond substituents is 1. The van der Waals surface area contributed by atoms with Crippen LogP contribution >= 0.6 is 23.8 Å². The number of aryl methyl sites for hydroxylation is 1. The van der Waals surface area contributed by atoms with E-state index in [0.29, 0.717) is 10.1 Å². The van der Waals surface area contributed by atoms with Gasteiger partial charge in [0, 0.05) is 28.3 Å². The molecule has 2 aromatic carbocycles. The summed E-state index contributed by atoms with van der Waals surface area (Å²) in [6.07, 6.45) is 1.80. The number of phenols is 1. The third kappa shape index (κ3) is 3.75. The van der Waals surface area contributed by atoms with Gasteiger partial charge in [-0.05, 0) is 86.2 Å². The second kappa shape index (κ2) is 8.54. The van der Waals surface area contributed by atoms with E-state index in [1.54, 1.807) is 12.3 Å². The number of para-hydroxylation sites is 2. The Hall–Kier alpha value is -3.35. The van der Waals surface area contributed by atoms with Gasteiger partial charge in [0.1, 0.15) is 5.75 Å². The van der Waals surface area contributed by atoms with Crippen LogP contribution in [0.15, 0.2) is 79.0 Å². The van der Waals surface area contributed by atoms with Crippen molar-refractivity contribution in [1.82, 2.24) is 14.9 Å². The third-order valence-electron chi connectivity index (χ3n) is 6.11. The number of hydrogen-bond donors (Lipinski definition) is 2. The van der Waals surface area contributed by atoms with E-state index in [9.17, 15) is 5.11 Å². The molecule has 5 rings (SSSR count). The van der Waals surface area contributed by atoms with E-state index < -0.39 is 0 Å². The zero-order chi connectivity index (χ0) is 23.1. The first-order valence-electron chi connectivity index (χ1n) is 10.7. The molecule has 0 spiro atoms. The van der Waals surface area contributed by atoms with Crippen LogP contribution in [0.3, 0.4) is 0 Å². The van der Waals surface area contributed by atoms with Crippen LogP contribution in [-0.2, 0) is 0 Å². The predicted molar refractivity (Wildman–Crippen MR) is 136 cm³/mol. The monoisotopic (exact) mass is 474 g/mol. The summed E-state index contributed by atoms with van der Waals surface area (Å²) in [5.41, 5.74) is 5.78. The van der Waals surface area contributed by atoms with E-state index in [2.05, 4.69) is 32.8 Å². The first kappa shape index (κ1) is 21.5. The zero-order valence-corrected chi connectivity index (χ0v) is 19.8. The maximum Gasteiger partial charge on any atom is 0.174 e. The lowest BCUT2D eigenvalue weighted by atomic mass is 9.96. The van der Waals surface area contributed by atoms with Crippen molar-refractivity contribution in [3.05, 3.63) is 107 Å². The second-order valence-corrected chi connectivity index (χ2v) is 8.95. The molecule has 0 radical (unpaired) electrons. The van der Waals surface area contributed by atoms with Crippen molar-refractivity contribution in [3.63, 3.8) is 0 Å². The summed E-state index contributed by atoms with van der Waals surface area (Å²) in [4.78, 5) is 6.75. The highest BCUT2D eigenvalue weighted by atomic mass is 35.5. The van der Waals surface area contributed by atoms with Gasteiger partial charge in [0.15, 0.2) is 5.11 Å². The quantitative estimate of drug-likeness (QED) is 0.354. The molecule has 2 N–H and O–H groups in total. The number of halogens is 1. The van der Waals surface area contributed by atoms with Gasteiger partial charge in [-0.3, -0.25) is 4.98 Å². The summed E-state index contributed by atoms with van der Waals surface area (Å²) >= 11 is 12.0. The first-order valence-corrected chi connectivity index (χ1v) is 11.5. The Morgan fingerprint density at radius 2 is 1.73 bits per heavy atom. The molecule has 1 saturated heterocycles. The number of aromatic nitrogens is 2. The van der Waals surface area contributed by atoms with Gasteiger partial charge >= 0.3 is 0 Å². The van der Waals surface area contributed by atoms with Crippen LogP contribution in [0.25, 0.3) is 5.69 Å². The van der Waals surface area contributed by atoms with Crippen LogP contribution in [0.5, 0.6) is 5.75 Å². The zero-order valence-electron chi connectivity index (χ0n) is 18.2. The normalized spacial score (nSPS) is 17.9. The lowest BCUT2D eigenvalue weighted by molar-refractivity contribution is 0.471. The van der Waals surface area contributed by atoms with Gasteiger partial charge in [-0.15, -0.1) is 0 Å². The number of nitrogens with zero attached hydrogens (tertiary/aromatic N) is 3. The van der Waals surface area contributed by atoms with Crippen molar-refractivity contribution in [1.29, 1.82) is 0 Å². The fourth-order valence-corrected chi connectivity index (χ4v) is 5.13. The van der Waals surface area contributed by atoms with Crippen molar-refractivity contribution in [2.45, 2.75) is 25.9 Å². The number of pyridine rings is 1. The third-order valence-corrected chi connectivity index (χ3v) is 6.68. The maximum absolute atomic E-state index is 10.5. The van der Waals surface area contributed by atoms with E-state index in [1.165, 1.54) is 0 Å². The van der Waals surface area contributed by atoms with Gasteiger partial charge in [0.2, 0.25) is 0 Å². The molecule has 0 saturated carbocycles. The molecule has 1 aliphatic rings. The average molecular weight is 475 g/mol. The van der Waals surface area contributed by atoms with E-state index in [1.807, 2.05) is 67.6 Å². The molecule has 1 fully saturated rings. The molecule has 166 valence electrons. The number of hydrogen-bond acceptors (Lipinski definition) is 3. The van der Waals surface area contributed by atoms with Crippen LogP contribution in [-0.4, -0.2) is 19.8 Å². The minimum atomic E-state index is -0.146. The fraction of sp³-hybridized carbons (Fsp3) is 0.154. The lowest BCUT2D eigenvalue weighted by Gasteiger charge is -2.28. The minimum absolute atomic E-state index is 0.139. The molecule has 1 aliphatic heterocycles. The molecule has 5 nitrogen and oxygen atoms in total. The number of benzene rings is 2. The average Bonchev–Trinajstić information content (AvgIpc) is 3.31. The van der Waals surface area contributed by atoms with Crippen molar-refractivity contribution in [3.8, 4) is 11.4 Å². The van der Waals surface area contributed by atoms with Gasteiger partial charge in [-0.2, -0.15) is 0 Å². The van der Waals surface area contributed by atoms with Crippen LogP contribution in [0.4, 0.5) is 5.69 Å². The van der Waals surface area contributed by atoms with Crippen LogP contribution in [0.2, 0.25) is 5.02 Å². The molecule has 7 heteroatoms. The predicted octanol–water partition coefficient (Wildman–Crippen LogP) is 6.03. The summed E-state index contributed by atoms with van der Waals surface area (Å²) in [5, 5.41) is 15.3. The minimum Gasteiger partial charge on any atom is -0.506 e. The van der Waals surface area contributed by atoms with Crippen molar-refractivity contribution < 1.29 is 5.11 Å². The van der Waals surface area contributed by atoms with Crippen molar-refractivity contribution in [2.24, 2.45) is 0 Å². The number of thiocarbonyl (C=S) groups is 1. The Balaban J connectivity index is 1.69. The molecular formula is C26H23ClN4OS. The summed E-state index contributed by atoms with van der Waals surface area (Å²) in [6, 6.07) is 22.9. The SMILES string of the molecule is Cc1cc([C@H]2[C@H](c3ccccn3)NC(=S)N2c2ccc(Cl)cc2)c(C)n1-c1ccccc1O. The summed E-state index contributed by atoms with van der Waals surface area (Å²) in [5.74, 6) is 0.238. The summed E-state index contributed by atoms with van der Waals surface area (Å²) in [6.45, 7) is 4.12. The van der Waals surface area contributed by atoms with Gasteiger partial charge in [-0.1, -0.05) is 29.8 Å². The Morgan fingerprint density at radius 1 is 1.00 bits per heavy atom. The molecule has 4 aromatic rings. The van der Waals surface area contributed by atoms with Crippen LogP contribution in [0, 0.1) is 13.8 Å². The van der Waals surface area contributed by atoms with Crippen LogP contribution in [0.1, 0.15) is 34.7 Å². The Kier molecular flexibility index (Phi) is 5.56. The highest BCUT2D eigenvalue weighted by molar-refractivity contribution is 7.80. The standard InChI is InChI=1S/C26H23ClN4OS/c1-16-15-20(17(2)30(16)22-8-3-4-9-23(22)32)25-24(21-7-5-6-14-28-21)29-26(33)31(25)19-12-10-18(27)11-13-19/h3-15,24-25,32H,1-2H3,(H,29,33)/t24-,25-/m0/s1. The largest absolute Gasteiger partial charge is 0.506 e. The topological polar surface area (TPSA) is 53.3 Å². The maximum atomic E-state index is 10.5. The van der Waals surface area contributed by atoms with E-state index in [4.69, 9.17) is 23.8 Å². The van der Waals surface area contributed by atoms with Gasteiger partial charge in [0.05, 0.1) is 23.5 Å². The van der Waals surface area contributed by atoms with Gasteiger partial charge in [0.25, 0.3) is 0 Å². The molecule has 0 unspecified atom stereocenters. The molecule has 2 atom stereocenters. The highest BCUT2D eigenvalue weighted by Crippen LogP contribution is 2.44. The molecule has 33 heavy (non-hydrogen) atoms. The van der Waals surface area contributed by atoms with Gasteiger partial charge < -0.3 is 19.9 Å². The summed E-state index contributed by atoms with van der Waals surface area (Å²) < 4.78 is 2.08. The van der Waals surface area contributed by atoms with Crippen molar-refractivity contribution >= 4 is 34.6 Å². The second-order valence-electron chi connectivity index (χ2n) is 8.12. The number of aromatic hydroxyl groups is 1. The lowest BCUT2D eigenvalue weighted by Crippen LogP contribution is -2.29. The molecule has 0 amide bonds. The van der Waals surface area contributed by atoms with E-state index >= 15 is 0 Å². The molecule has 0 bridgehead atoms. The molecule has 2 aromatic heterocycles. The Morgan fingerprint density at radius 3 is 2.42 bits per heavy atom. The summed E-state index contributed by atoms with van der Waals surface area (Å²) in [7, 11) is 0. The van der Waals surface area contributed by atoms with Crippen molar-refractivity contribution in [2.75, 3.05) is 4.90 Å². The Bertz CT molecular complexity index is 1320. The molecule has 3 heterocycles.